The first kappa shape index (κ1) is 12.6. The van der Waals surface area contributed by atoms with Gasteiger partial charge >= 0.3 is 0 Å². The van der Waals surface area contributed by atoms with Gasteiger partial charge in [-0.25, -0.2) is 0 Å². The molecule has 1 aromatic carbocycles. The Hall–Kier alpha value is -0.860. The summed E-state index contributed by atoms with van der Waals surface area (Å²) in [6.45, 7) is 6.30. The van der Waals surface area contributed by atoms with Gasteiger partial charge < -0.3 is 10.1 Å². The zero-order chi connectivity index (χ0) is 12.3. The van der Waals surface area contributed by atoms with Crippen molar-refractivity contribution in [2.45, 2.75) is 45.9 Å². The van der Waals surface area contributed by atoms with E-state index in [0.717, 1.165) is 6.54 Å². The number of ether oxygens (including phenoxy) is 1. The van der Waals surface area contributed by atoms with Crippen LogP contribution in [-0.2, 0) is 17.9 Å². The SMILES string of the molecule is COCc1ccccc1CNC(C)C1(C)CC1. The highest BCUT2D eigenvalue weighted by Gasteiger charge is 2.42. The van der Waals surface area contributed by atoms with E-state index in [0.29, 0.717) is 18.1 Å². The summed E-state index contributed by atoms with van der Waals surface area (Å²) in [7, 11) is 1.75. The Morgan fingerprint density at radius 2 is 1.94 bits per heavy atom. The molecule has 1 unspecified atom stereocenters. The van der Waals surface area contributed by atoms with E-state index in [1.165, 1.54) is 24.0 Å². The van der Waals surface area contributed by atoms with E-state index in [1.807, 2.05) is 0 Å². The Morgan fingerprint density at radius 3 is 2.53 bits per heavy atom. The molecule has 17 heavy (non-hydrogen) atoms. The number of benzene rings is 1. The summed E-state index contributed by atoms with van der Waals surface area (Å²) in [6.07, 6.45) is 2.72. The number of nitrogens with one attached hydrogen (secondary N) is 1. The van der Waals surface area contributed by atoms with Gasteiger partial charge in [0.15, 0.2) is 0 Å². The van der Waals surface area contributed by atoms with Gasteiger partial charge in [-0.3, -0.25) is 0 Å². The van der Waals surface area contributed by atoms with E-state index in [2.05, 4.69) is 43.4 Å². The molecule has 1 N–H and O–H groups in total. The third-order valence-electron chi connectivity index (χ3n) is 4.10. The van der Waals surface area contributed by atoms with E-state index in [1.54, 1.807) is 7.11 Å². The normalized spacial score (nSPS) is 19.0. The van der Waals surface area contributed by atoms with Crippen LogP contribution in [0.4, 0.5) is 0 Å². The molecule has 1 aromatic rings. The minimum Gasteiger partial charge on any atom is -0.380 e. The van der Waals surface area contributed by atoms with Crippen molar-refractivity contribution in [1.82, 2.24) is 5.32 Å². The molecule has 2 nitrogen and oxygen atoms in total. The first-order valence-corrected chi connectivity index (χ1v) is 6.45. The summed E-state index contributed by atoms with van der Waals surface area (Å²) < 4.78 is 5.23. The topological polar surface area (TPSA) is 21.3 Å². The molecule has 94 valence electrons. The van der Waals surface area contributed by atoms with E-state index >= 15 is 0 Å². The highest BCUT2D eigenvalue weighted by Crippen LogP contribution is 2.47. The lowest BCUT2D eigenvalue weighted by molar-refractivity contribution is 0.184. The molecule has 0 bridgehead atoms. The van der Waals surface area contributed by atoms with Crippen molar-refractivity contribution in [3.8, 4) is 0 Å². The maximum Gasteiger partial charge on any atom is 0.0716 e. The molecule has 1 fully saturated rings. The Kier molecular flexibility index (Phi) is 3.85. The van der Waals surface area contributed by atoms with Gasteiger partial charge in [0.05, 0.1) is 6.61 Å². The molecule has 0 aliphatic heterocycles. The Balaban J connectivity index is 1.93. The highest BCUT2D eigenvalue weighted by atomic mass is 16.5. The second-order valence-electron chi connectivity index (χ2n) is 5.46. The van der Waals surface area contributed by atoms with Crippen molar-refractivity contribution >= 4 is 0 Å². The summed E-state index contributed by atoms with van der Waals surface area (Å²) in [5.74, 6) is 0. The molecular formula is C15H23NO. The standard InChI is InChI=1S/C15H23NO/c1-12(15(2)8-9-15)16-10-13-6-4-5-7-14(13)11-17-3/h4-7,12,16H,8-11H2,1-3H3. The average molecular weight is 233 g/mol. The van der Waals surface area contributed by atoms with Crippen LogP contribution in [0.5, 0.6) is 0 Å². The number of rotatable bonds is 6. The summed E-state index contributed by atoms with van der Waals surface area (Å²) in [5, 5.41) is 3.64. The minimum atomic E-state index is 0.538. The fourth-order valence-corrected chi connectivity index (χ4v) is 2.17. The van der Waals surface area contributed by atoms with Gasteiger partial charge in [0.25, 0.3) is 0 Å². The van der Waals surface area contributed by atoms with Crippen molar-refractivity contribution < 1.29 is 4.74 Å². The predicted molar refractivity (Wildman–Crippen MR) is 70.8 cm³/mol. The quantitative estimate of drug-likeness (QED) is 0.815. The summed E-state index contributed by atoms with van der Waals surface area (Å²) in [6, 6.07) is 9.09. The molecule has 2 rings (SSSR count). The summed E-state index contributed by atoms with van der Waals surface area (Å²) in [5.41, 5.74) is 3.18. The molecule has 0 radical (unpaired) electrons. The zero-order valence-corrected chi connectivity index (χ0v) is 11.1. The second kappa shape index (κ2) is 5.19. The lowest BCUT2D eigenvalue weighted by Gasteiger charge is -2.21. The first-order valence-electron chi connectivity index (χ1n) is 6.45. The largest absolute Gasteiger partial charge is 0.380 e. The lowest BCUT2D eigenvalue weighted by atomic mass is 10.00. The van der Waals surface area contributed by atoms with Gasteiger partial charge in [-0.1, -0.05) is 31.2 Å². The molecule has 0 aromatic heterocycles. The number of hydrogen-bond donors (Lipinski definition) is 1. The van der Waals surface area contributed by atoms with Gasteiger partial charge in [-0.2, -0.15) is 0 Å². The van der Waals surface area contributed by atoms with Gasteiger partial charge in [-0.05, 0) is 36.3 Å². The van der Waals surface area contributed by atoms with E-state index in [9.17, 15) is 0 Å². The molecule has 2 heteroatoms. The van der Waals surface area contributed by atoms with Gasteiger partial charge in [-0.15, -0.1) is 0 Å². The van der Waals surface area contributed by atoms with Crippen molar-refractivity contribution in [1.29, 1.82) is 0 Å². The van der Waals surface area contributed by atoms with Crippen molar-refractivity contribution in [2.24, 2.45) is 5.41 Å². The van der Waals surface area contributed by atoms with Gasteiger partial charge in [0.1, 0.15) is 0 Å². The molecule has 1 atom stereocenters. The molecular weight excluding hydrogens is 210 g/mol. The van der Waals surface area contributed by atoms with E-state index < -0.39 is 0 Å². The molecule has 0 heterocycles. The van der Waals surface area contributed by atoms with Gasteiger partial charge in [0, 0.05) is 19.7 Å². The third kappa shape index (κ3) is 3.08. The van der Waals surface area contributed by atoms with Crippen molar-refractivity contribution in [3.63, 3.8) is 0 Å². The highest BCUT2D eigenvalue weighted by molar-refractivity contribution is 5.26. The van der Waals surface area contributed by atoms with Crippen LogP contribution in [0.2, 0.25) is 0 Å². The van der Waals surface area contributed by atoms with Crippen molar-refractivity contribution in [2.75, 3.05) is 7.11 Å². The fraction of sp³-hybridized carbons (Fsp3) is 0.600. The number of methoxy groups -OCH3 is 1. The Morgan fingerprint density at radius 1 is 1.29 bits per heavy atom. The smallest absolute Gasteiger partial charge is 0.0716 e. The lowest BCUT2D eigenvalue weighted by Crippen LogP contribution is -2.33. The molecule has 1 aliphatic carbocycles. The molecule has 1 aliphatic rings. The van der Waals surface area contributed by atoms with Crippen molar-refractivity contribution in [3.05, 3.63) is 35.4 Å². The predicted octanol–water partition coefficient (Wildman–Crippen LogP) is 3.11. The van der Waals surface area contributed by atoms with Crippen LogP contribution in [0.15, 0.2) is 24.3 Å². The van der Waals surface area contributed by atoms with Crippen LogP contribution in [0.25, 0.3) is 0 Å². The fourth-order valence-electron chi connectivity index (χ4n) is 2.17. The Bertz CT molecular complexity index is 371. The molecule has 0 amide bonds. The first-order chi connectivity index (χ1) is 8.15. The molecule has 0 saturated heterocycles. The minimum absolute atomic E-state index is 0.538. The second-order valence-corrected chi connectivity index (χ2v) is 5.46. The number of hydrogen-bond acceptors (Lipinski definition) is 2. The summed E-state index contributed by atoms with van der Waals surface area (Å²) >= 11 is 0. The van der Waals surface area contributed by atoms with Crippen LogP contribution in [-0.4, -0.2) is 13.2 Å². The Labute approximate surface area is 104 Å². The maximum atomic E-state index is 5.23. The van der Waals surface area contributed by atoms with Crippen LogP contribution < -0.4 is 5.32 Å². The van der Waals surface area contributed by atoms with Crippen LogP contribution in [0.1, 0.15) is 37.8 Å². The average Bonchev–Trinajstić information content (AvgIpc) is 3.08. The van der Waals surface area contributed by atoms with Gasteiger partial charge in [0.2, 0.25) is 0 Å². The third-order valence-corrected chi connectivity index (χ3v) is 4.10. The van der Waals surface area contributed by atoms with Crippen LogP contribution >= 0.6 is 0 Å². The van der Waals surface area contributed by atoms with E-state index in [4.69, 9.17) is 4.74 Å². The summed E-state index contributed by atoms with van der Waals surface area (Å²) in [4.78, 5) is 0. The van der Waals surface area contributed by atoms with Crippen LogP contribution in [0.3, 0.4) is 0 Å². The van der Waals surface area contributed by atoms with Crippen LogP contribution in [0, 0.1) is 5.41 Å². The zero-order valence-electron chi connectivity index (χ0n) is 11.1. The molecule has 0 spiro atoms. The maximum absolute atomic E-state index is 5.23. The monoisotopic (exact) mass is 233 g/mol. The molecule has 1 saturated carbocycles. The van der Waals surface area contributed by atoms with E-state index in [-0.39, 0.29) is 0 Å².